The molecule has 3 aromatic carbocycles. The highest BCUT2D eigenvalue weighted by Crippen LogP contribution is 2.64. The van der Waals surface area contributed by atoms with Crippen molar-refractivity contribution in [1.82, 2.24) is 15.1 Å². The monoisotopic (exact) mass is 826 g/mol. The molecule has 2 fully saturated rings. The van der Waals surface area contributed by atoms with Gasteiger partial charge in [-0.15, -0.1) is 11.8 Å². The third-order valence-corrected chi connectivity index (χ3v) is 14.5. The zero-order valence-corrected chi connectivity index (χ0v) is 35.5. The minimum atomic E-state index is -1.29. The first kappa shape index (κ1) is 39.6. The number of piperazine rings is 1. The molecule has 312 valence electrons. The fourth-order valence-electron chi connectivity index (χ4n) is 10.7. The molecule has 59 heavy (non-hydrogen) atoms. The zero-order chi connectivity index (χ0) is 41.5. The summed E-state index contributed by atoms with van der Waals surface area (Å²) in [5, 5.41) is 14.4. The normalized spacial score (nSPS) is 27.7. The first-order valence-corrected chi connectivity index (χ1v) is 21.3. The summed E-state index contributed by atoms with van der Waals surface area (Å²) in [6.07, 6.45) is 1.26. The maximum Gasteiger partial charge on any atom is 0.331 e. The number of nitrogens with zero attached hydrogens (tertiary/aromatic N) is 3. The van der Waals surface area contributed by atoms with Crippen LogP contribution in [0.3, 0.4) is 0 Å². The summed E-state index contributed by atoms with van der Waals surface area (Å²) >= 11 is 1.58. The van der Waals surface area contributed by atoms with Gasteiger partial charge in [-0.1, -0.05) is 6.07 Å². The second-order valence-corrected chi connectivity index (χ2v) is 17.0. The van der Waals surface area contributed by atoms with Crippen LogP contribution in [0.4, 0.5) is 0 Å². The molecule has 0 saturated carbocycles. The Morgan fingerprint density at radius 3 is 2.47 bits per heavy atom. The number of hydrogen-bond acceptors (Lipinski definition) is 15. The second-order valence-electron chi connectivity index (χ2n) is 15.9. The van der Waals surface area contributed by atoms with Crippen molar-refractivity contribution in [2.24, 2.45) is 0 Å². The van der Waals surface area contributed by atoms with Crippen LogP contribution in [-0.4, -0.2) is 100 Å². The van der Waals surface area contributed by atoms with Gasteiger partial charge in [-0.3, -0.25) is 19.9 Å². The van der Waals surface area contributed by atoms with E-state index >= 15 is 0 Å². The summed E-state index contributed by atoms with van der Waals surface area (Å²) in [7, 11) is 5.34. The van der Waals surface area contributed by atoms with Crippen molar-refractivity contribution in [2.45, 2.75) is 88.5 Å². The van der Waals surface area contributed by atoms with Crippen LogP contribution < -0.4 is 38.5 Å². The van der Waals surface area contributed by atoms with Crippen molar-refractivity contribution in [3.8, 4) is 46.3 Å². The maximum atomic E-state index is 15.0. The first-order chi connectivity index (χ1) is 28.5. The Balaban J connectivity index is 1.33. The van der Waals surface area contributed by atoms with Gasteiger partial charge in [0.1, 0.15) is 18.4 Å². The lowest BCUT2D eigenvalue weighted by atomic mass is 9.71. The predicted octanol–water partition coefficient (Wildman–Crippen LogP) is 5.37. The number of rotatable bonds is 7. The Morgan fingerprint density at radius 1 is 0.983 bits per heavy atom. The van der Waals surface area contributed by atoms with E-state index in [1.165, 1.54) is 6.92 Å². The van der Waals surface area contributed by atoms with Gasteiger partial charge in [-0.05, 0) is 82.0 Å². The molecule has 15 heteroatoms. The largest absolute Gasteiger partial charge is 0.493 e. The number of hydrogen-bond donors (Lipinski definition) is 1. The Bertz CT molecular complexity index is 2300. The topological polar surface area (TPSA) is 150 Å². The second kappa shape index (κ2) is 15.0. The smallest absolute Gasteiger partial charge is 0.331 e. The lowest BCUT2D eigenvalue weighted by Gasteiger charge is -2.62. The fourth-order valence-corrected chi connectivity index (χ4v) is 12.4. The van der Waals surface area contributed by atoms with Crippen LogP contribution in [0.2, 0.25) is 0 Å². The Hall–Kier alpha value is -4.88. The summed E-state index contributed by atoms with van der Waals surface area (Å²) in [6, 6.07) is 6.44. The highest BCUT2D eigenvalue weighted by Gasteiger charge is 2.62. The van der Waals surface area contributed by atoms with E-state index < -0.39 is 40.9 Å². The van der Waals surface area contributed by atoms with Crippen molar-refractivity contribution in [1.29, 1.82) is 5.26 Å². The molecule has 7 atom stereocenters. The minimum Gasteiger partial charge on any atom is -0.493 e. The lowest BCUT2D eigenvalue weighted by molar-refractivity contribution is -0.157. The van der Waals surface area contributed by atoms with Crippen LogP contribution in [0, 0.1) is 25.2 Å². The van der Waals surface area contributed by atoms with Gasteiger partial charge in [-0.2, -0.15) is 5.26 Å². The average molecular weight is 827 g/mol. The number of thioether (sulfide) groups is 1. The van der Waals surface area contributed by atoms with E-state index in [0.29, 0.717) is 84.0 Å². The van der Waals surface area contributed by atoms with Crippen LogP contribution in [0.5, 0.6) is 40.2 Å². The van der Waals surface area contributed by atoms with Gasteiger partial charge >= 0.3 is 11.9 Å². The first-order valence-electron chi connectivity index (χ1n) is 20.3. The molecule has 0 radical (unpaired) electrons. The number of esters is 2. The van der Waals surface area contributed by atoms with Crippen LogP contribution in [0.15, 0.2) is 18.2 Å². The van der Waals surface area contributed by atoms with Crippen LogP contribution >= 0.6 is 11.8 Å². The molecule has 3 aromatic rings. The summed E-state index contributed by atoms with van der Waals surface area (Å²) in [5.74, 6) is 3.16. The summed E-state index contributed by atoms with van der Waals surface area (Å²) in [4.78, 5) is 32.6. The quantitative estimate of drug-likeness (QED) is 0.240. The van der Waals surface area contributed by atoms with E-state index in [1.807, 2.05) is 39.8 Å². The third kappa shape index (κ3) is 5.77. The number of likely N-dealkylation sites (N-methyl/N-ethyl adjacent to an activating group) is 1. The molecule has 14 nitrogen and oxygen atoms in total. The average Bonchev–Trinajstić information content (AvgIpc) is 3.71. The molecule has 7 aliphatic heterocycles. The van der Waals surface area contributed by atoms with Gasteiger partial charge in [0.15, 0.2) is 40.0 Å². The van der Waals surface area contributed by atoms with Gasteiger partial charge < -0.3 is 37.9 Å². The number of methoxy groups -OCH3 is 2. The molecule has 0 amide bonds. The third-order valence-electron chi connectivity index (χ3n) is 13.0. The Morgan fingerprint density at radius 2 is 1.76 bits per heavy atom. The van der Waals surface area contributed by atoms with Crippen molar-refractivity contribution in [3.05, 3.63) is 62.7 Å². The SMILES string of the molecule is CCOc1cc2c(cc1OC)[C@@]1(CS[C@@H]3c4c(OC(C)=O)c(C)c5c(c4[C@@H](COC1=O)N1C3[C@H]3c4c(cc(C)c(OC)c4OCC)C[C@H]([C@@H]1C#N)N3C)OCO5)NCC2. The number of aryl methyl sites for hydroxylation is 1. The maximum absolute atomic E-state index is 15.0. The van der Waals surface area contributed by atoms with Gasteiger partial charge in [0.25, 0.3) is 0 Å². The predicted molar refractivity (Wildman–Crippen MR) is 217 cm³/mol. The molecule has 7 aliphatic rings. The molecule has 0 aromatic heterocycles. The number of fused-ring (bicyclic) bond motifs is 9. The van der Waals surface area contributed by atoms with Crippen molar-refractivity contribution >= 4 is 23.7 Å². The fraction of sp³-hybridized carbons (Fsp3) is 0.523. The van der Waals surface area contributed by atoms with Crippen LogP contribution in [-0.2, 0) is 32.7 Å². The molecule has 7 heterocycles. The number of nitrogens with one attached hydrogen (secondary N) is 1. The van der Waals surface area contributed by atoms with Crippen LogP contribution in [0.25, 0.3) is 0 Å². The highest BCUT2D eigenvalue weighted by atomic mass is 32.2. The lowest BCUT2D eigenvalue weighted by Crippen LogP contribution is -2.69. The van der Waals surface area contributed by atoms with Gasteiger partial charge in [0.2, 0.25) is 6.79 Å². The van der Waals surface area contributed by atoms with Crippen LogP contribution in [0.1, 0.15) is 82.6 Å². The molecule has 4 bridgehead atoms. The molecule has 1 unspecified atom stereocenters. The number of benzene rings is 3. The van der Waals surface area contributed by atoms with E-state index in [0.717, 1.165) is 33.4 Å². The number of nitriles is 1. The van der Waals surface area contributed by atoms with Crippen molar-refractivity contribution in [3.63, 3.8) is 0 Å². The van der Waals surface area contributed by atoms with Gasteiger partial charge in [0.05, 0.1) is 50.8 Å². The Kier molecular flexibility index (Phi) is 10.1. The number of carbonyl (C=O) groups is 2. The highest BCUT2D eigenvalue weighted by molar-refractivity contribution is 7.99. The number of carbonyl (C=O) groups excluding carboxylic acids is 2. The number of ether oxygens (including phenoxy) is 8. The molecular weight excluding hydrogens is 777 g/mol. The molecule has 2 saturated heterocycles. The summed E-state index contributed by atoms with van der Waals surface area (Å²) in [6.45, 7) is 10.4. The summed E-state index contributed by atoms with van der Waals surface area (Å²) < 4.78 is 49.6. The minimum absolute atomic E-state index is 0.0326. The van der Waals surface area contributed by atoms with E-state index in [-0.39, 0.29) is 31.2 Å². The standard InChI is InChI=1S/C44H50N4O10S/c1-9-53-31-15-24-11-12-46-44(26(24)16-30(31)51-7)19-59-42-34-33(41-39(56-20-57-41)22(4)38(34)58-23(5)49)29(18-55-43(44)50)48-28(17-45)27-14-25-13-21(3)37(52-8)40(54-10-2)32(25)35(36(42)48)47(27)6/h13,15-16,27-29,35-36,42,46H,9-12,14,18-20H2,1-8H3/t27-,28+,29-,35-,36?,42-,44-/m1/s1. The van der Waals surface area contributed by atoms with Gasteiger partial charge in [0, 0.05) is 53.6 Å². The van der Waals surface area contributed by atoms with E-state index in [1.54, 1.807) is 26.0 Å². The zero-order valence-electron chi connectivity index (χ0n) is 34.7. The molecular formula is C44H50N4O10S. The van der Waals surface area contributed by atoms with Crippen molar-refractivity contribution < 1.29 is 47.5 Å². The molecule has 1 spiro atoms. The Labute approximate surface area is 348 Å². The molecule has 0 aliphatic carbocycles. The van der Waals surface area contributed by atoms with E-state index in [2.05, 4.69) is 34.3 Å². The van der Waals surface area contributed by atoms with E-state index in [9.17, 15) is 14.9 Å². The van der Waals surface area contributed by atoms with E-state index in [4.69, 9.17) is 37.9 Å². The molecule has 10 rings (SSSR count). The summed E-state index contributed by atoms with van der Waals surface area (Å²) in [5.41, 5.74) is 5.58. The molecule has 1 N–H and O–H groups in total. The van der Waals surface area contributed by atoms with Gasteiger partial charge in [-0.25, -0.2) is 4.79 Å². The van der Waals surface area contributed by atoms with Crippen molar-refractivity contribution in [2.75, 3.05) is 60.2 Å².